The highest BCUT2D eigenvalue weighted by molar-refractivity contribution is 9.10. The maximum Gasteiger partial charge on any atom is 0.322 e. The third-order valence-electron chi connectivity index (χ3n) is 5.18. The molecule has 0 atom stereocenters. The lowest BCUT2D eigenvalue weighted by Gasteiger charge is -2.28. The van der Waals surface area contributed by atoms with E-state index >= 15 is 0 Å². The van der Waals surface area contributed by atoms with E-state index in [1.165, 1.54) is 0 Å². The summed E-state index contributed by atoms with van der Waals surface area (Å²) in [5.74, 6) is 0.00996. The van der Waals surface area contributed by atoms with E-state index in [-0.39, 0.29) is 18.5 Å². The number of aromatic nitrogens is 1. The van der Waals surface area contributed by atoms with Gasteiger partial charge in [-0.05, 0) is 55.7 Å². The highest BCUT2D eigenvalue weighted by atomic mass is 79.9. The molecule has 1 aromatic carbocycles. The van der Waals surface area contributed by atoms with Gasteiger partial charge in [-0.15, -0.1) is 0 Å². The zero-order valence-corrected chi connectivity index (χ0v) is 18.7. The lowest BCUT2D eigenvalue weighted by atomic mass is 10.3. The minimum atomic E-state index is -0.233. The highest BCUT2D eigenvalue weighted by Gasteiger charge is 2.34. The smallest absolute Gasteiger partial charge is 0.322 e. The molecule has 6 nitrogen and oxygen atoms in total. The monoisotopic (exact) mass is 460 g/mol. The Morgan fingerprint density at radius 3 is 2.52 bits per heavy atom. The van der Waals surface area contributed by atoms with E-state index in [1.807, 2.05) is 59.1 Å². The molecule has 1 aliphatic rings. The van der Waals surface area contributed by atoms with Gasteiger partial charge < -0.3 is 19.7 Å². The number of halogens is 1. The number of carbonyl (C=O) groups is 2. The Hall–Kier alpha value is -2.28. The summed E-state index contributed by atoms with van der Waals surface area (Å²) in [6.45, 7) is 3.33. The van der Waals surface area contributed by atoms with E-state index in [0.29, 0.717) is 19.1 Å². The Balaban J connectivity index is 1.67. The van der Waals surface area contributed by atoms with Crippen molar-refractivity contribution in [1.29, 1.82) is 0 Å². The van der Waals surface area contributed by atoms with Gasteiger partial charge in [0.1, 0.15) is 6.54 Å². The van der Waals surface area contributed by atoms with Gasteiger partial charge in [0.25, 0.3) is 0 Å². The fraction of sp³-hybridized carbons (Fsp3) is 0.455. The van der Waals surface area contributed by atoms with Gasteiger partial charge in [-0.25, -0.2) is 4.79 Å². The first-order chi connectivity index (χ1) is 14.0. The molecule has 1 fully saturated rings. The fourth-order valence-electron chi connectivity index (χ4n) is 3.23. The number of anilines is 1. The number of benzene rings is 1. The third kappa shape index (κ3) is 6.10. The van der Waals surface area contributed by atoms with Crippen molar-refractivity contribution in [3.05, 3.63) is 52.8 Å². The lowest BCUT2D eigenvalue weighted by molar-refractivity contribution is -0.133. The summed E-state index contributed by atoms with van der Waals surface area (Å²) >= 11 is 3.40. The van der Waals surface area contributed by atoms with E-state index < -0.39 is 0 Å². The quantitative estimate of drug-likeness (QED) is 0.593. The molecule has 0 aliphatic heterocycles. The Morgan fingerprint density at radius 2 is 1.93 bits per heavy atom. The Bertz CT molecular complexity index is 830. The molecule has 1 aromatic heterocycles. The number of unbranched alkanes of at least 4 members (excludes halogenated alkanes) is 1. The molecule has 1 aliphatic carbocycles. The Labute approximate surface area is 181 Å². The van der Waals surface area contributed by atoms with Crippen molar-refractivity contribution in [2.45, 2.75) is 45.2 Å². The SMILES string of the molecule is CCCCN(CC(=O)N(Cc1cccn1C)C1CC1)C(=O)Nc1ccc(Br)cc1. The van der Waals surface area contributed by atoms with Crippen LogP contribution in [0.5, 0.6) is 0 Å². The summed E-state index contributed by atoms with van der Waals surface area (Å²) in [5, 5.41) is 2.91. The maximum absolute atomic E-state index is 13.1. The van der Waals surface area contributed by atoms with Crippen molar-refractivity contribution in [1.82, 2.24) is 14.4 Å². The molecule has 0 bridgehead atoms. The molecule has 0 saturated heterocycles. The molecule has 156 valence electrons. The normalized spacial score (nSPS) is 13.2. The van der Waals surface area contributed by atoms with Crippen LogP contribution in [-0.2, 0) is 18.4 Å². The number of rotatable bonds is 9. The summed E-state index contributed by atoms with van der Waals surface area (Å²) in [6.07, 6.45) is 5.89. The van der Waals surface area contributed by atoms with E-state index in [1.54, 1.807) is 4.90 Å². The first-order valence-corrected chi connectivity index (χ1v) is 11.0. The summed E-state index contributed by atoms with van der Waals surface area (Å²) in [4.78, 5) is 29.5. The number of hydrogen-bond acceptors (Lipinski definition) is 2. The number of amides is 3. The Morgan fingerprint density at radius 1 is 1.21 bits per heavy atom. The van der Waals surface area contributed by atoms with Gasteiger partial charge in [-0.1, -0.05) is 29.3 Å². The fourth-order valence-corrected chi connectivity index (χ4v) is 3.50. The van der Waals surface area contributed by atoms with Crippen LogP contribution < -0.4 is 5.32 Å². The standard InChI is InChI=1S/C22H29BrN4O2/c1-3-4-14-26(22(29)24-18-9-7-17(23)8-10-18)16-21(28)27(19-11-12-19)15-20-6-5-13-25(20)2/h5-10,13,19H,3-4,11-12,14-16H2,1-2H3,(H,24,29). The minimum Gasteiger partial charge on any atom is -0.353 e. The lowest BCUT2D eigenvalue weighted by Crippen LogP contribution is -2.45. The molecular formula is C22H29BrN4O2. The van der Waals surface area contributed by atoms with Crippen LogP contribution in [0.15, 0.2) is 47.1 Å². The van der Waals surface area contributed by atoms with Crippen LogP contribution in [0.3, 0.4) is 0 Å². The number of nitrogens with zero attached hydrogens (tertiary/aromatic N) is 3. The largest absolute Gasteiger partial charge is 0.353 e. The molecule has 1 saturated carbocycles. The summed E-state index contributed by atoms with van der Waals surface area (Å²) in [6, 6.07) is 11.5. The van der Waals surface area contributed by atoms with Crippen LogP contribution in [0.2, 0.25) is 0 Å². The van der Waals surface area contributed by atoms with Crippen molar-refractivity contribution in [3.63, 3.8) is 0 Å². The number of nitrogens with one attached hydrogen (secondary N) is 1. The van der Waals surface area contributed by atoms with Gasteiger partial charge in [0.15, 0.2) is 0 Å². The number of hydrogen-bond donors (Lipinski definition) is 1. The molecule has 7 heteroatoms. The van der Waals surface area contributed by atoms with Gasteiger partial charge in [0.2, 0.25) is 5.91 Å². The number of aryl methyl sites for hydroxylation is 1. The van der Waals surface area contributed by atoms with E-state index in [9.17, 15) is 9.59 Å². The van der Waals surface area contributed by atoms with Crippen molar-refractivity contribution >= 4 is 33.6 Å². The molecule has 2 aromatic rings. The third-order valence-corrected chi connectivity index (χ3v) is 5.71. The summed E-state index contributed by atoms with van der Waals surface area (Å²) < 4.78 is 2.99. The zero-order valence-electron chi connectivity index (χ0n) is 17.1. The zero-order chi connectivity index (χ0) is 20.8. The van der Waals surface area contributed by atoms with Crippen LogP contribution in [0.25, 0.3) is 0 Å². The van der Waals surface area contributed by atoms with Crippen molar-refractivity contribution < 1.29 is 9.59 Å². The molecule has 0 radical (unpaired) electrons. The molecule has 1 N–H and O–H groups in total. The molecule has 1 heterocycles. The first-order valence-electron chi connectivity index (χ1n) is 10.2. The van der Waals surface area contributed by atoms with Crippen LogP contribution in [0, 0.1) is 0 Å². The molecule has 3 rings (SSSR count). The molecule has 0 unspecified atom stereocenters. The molecule has 3 amide bonds. The predicted octanol–water partition coefficient (Wildman–Crippen LogP) is 4.61. The number of carbonyl (C=O) groups excluding carboxylic acids is 2. The van der Waals surface area contributed by atoms with Crippen LogP contribution in [0.1, 0.15) is 38.3 Å². The van der Waals surface area contributed by atoms with Gasteiger partial charge in [-0.2, -0.15) is 0 Å². The van der Waals surface area contributed by atoms with Crippen molar-refractivity contribution in [3.8, 4) is 0 Å². The maximum atomic E-state index is 13.1. The first kappa shape index (κ1) is 21.4. The number of urea groups is 1. The second kappa shape index (κ2) is 9.96. The summed E-state index contributed by atoms with van der Waals surface area (Å²) in [7, 11) is 1.99. The molecule has 29 heavy (non-hydrogen) atoms. The predicted molar refractivity (Wildman–Crippen MR) is 119 cm³/mol. The van der Waals surface area contributed by atoms with E-state index in [4.69, 9.17) is 0 Å². The summed E-state index contributed by atoms with van der Waals surface area (Å²) in [5.41, 5.74) is 1.82. The van der Waals surface area contributed by atoms with Gasteiger partial charge >= 0.3 is 6.03 Å². The van der Waals surface area contributed by atoms with E-state index in [0.717, 1.165) is 41.5 Å². The Kier molecular flexibility index (Phi) is 7.36. The second-order valence-corrected chi connectivity index (χ2v) is 8.49. The average molecular weight is 461 g/mol. The topological polar surface area (TPSA) is 57.6 Å². The van der Waals surface area contributed by atoms with E-state index in [2.05, 4.69) is 28.2 Å². The minimum absolute atomic E-state index is 0.00996. The van der Waals surface area contributed by atoms with Gasteiger partial charge in [-0.3, -0.25) is 4.79 Å². The van der Waals surface area contributed by atoms with Crippen molar-refractivity contribution in [2.24, 2.45) is 7.05 Å². The van der Waals surface area contributed by atoms with Crippen molar-refractivity contribution in [2.75, 3.05) is 18.4 Å². The molecular weight excluding hydrogens is 432 g/mol. The van der Waals surface area contributed by atoms with Crippen LogP contribution in [0.4, 0.5) is 10.5 Å². The molecule has 0 spiro atoms. The highest BCUT2D eigenvalue weighted by Crippen LogP contribution is 2.28. The second-order valence-electron chi connectivity index (χ2n) is 7.58. The van der Waals surface area contributed by atoms with Gasteiger partial charge in [0.05, 0.1) is 6.54 Å². The van der Waals surface area contributed by atoms with Crippen LogP contribution >= 0.6 is 15.9 Å². The van der Waals surface area contributed by atoms with Gasteiger partial charge in [0, 0.05) is 41.7 Å². The van der Waals surface area contributed by atoms with Crippen LogP contribution in [-0.4, -0.2) is 45.4 Å². The average Bonchev–Trinajstić information content (AvgIpc) is 3.46.